The van der Waals surface area contributed by atoms with Gasteiger partial charge in [-0.25, -0.2) is 0 Å². The van der Waals surface area contributed by atoms with Crippen molar-refractivity contribution in [3.8, 4) is 0 Å². The van der Waals surface area contributed by atoms with Crippen LogP contribution in [-0.4, -0.2) is 31.5 Å². The van der Waals surface area contributed by atoms with Crippen LogP contribution < -0.4 is 11.1 Å². The molecular weight excluding hydrogens is 292 g/mol. The molecule has 1 saturated carbocycles. The van der Waals surface area contributed by atoms with Gasteiger partial charge >= 0.3 is 0 Å². The summed E-state index contributed by atoms with van der Waals surface area (Å²) < 4.78 is 1.65. The van der Waals surface area contributed by atoms with E-state index >= 15 is 0 Å². The summed E-state index contributed by atoms with van der Waals surface area (Å²) >= 11 is 6.14. The second-order valence-corrected chi connectivity index (χ2v) is 5.80. The topological polar surface area (TPSA) is 98.2 Å². The molecule has 1 aliphatic carbocycles. The number of hydrogen-bond acceptors (Lipinski definition) is 5. The van der Waals surface area contributed by atoms with Crippen LogP contribution in [0.25, 0.3) is 5.78 Å². The van der Waals surface area contributed by atoms with E-state index < -0.39 is 0 Å². The highest BCUT2D eigenvalue weighted by molar-refractivity contribution is 6.30. The van der Waals surface area contributed by atoms with E-state index in [4.69, 9.17) is 17.3 Å². The molecule has 21 heavy (non-hydrogen) atoms. The molecule has 0 radical (unpaired) electrons. The number of nitrogens with one attached hydrogen (secondary N) is 1. The minimum Gasteiger partial charge on any atom is -0.369 e. The number of carbonyl (C=O) groups excluding carboxylic acids is 1. The smallest absolute Gasteiger partial charge is 0.255 e. The predicted octanol–water partition coefficient (Wildman–Crippen LogP) is 1.54. The average molecular weight is 309 g/mol. The van der Waals surface area contributed by atoms with Crippen molar-refractivity contribution in [3.05, 3.63) is 17.0 Å². The largest absolute Gasteiger partial charge is 0.369 e. The lowest BCUT2D eigenvalue weighted by atomic mass is 9.85. The van der Waals surface area contributed by atoms with Gasteiger partial charge in [0.15, 0.2) is 0 Å². The third-order valence-electron chi connectivity index (χ3n) is 4.07. The molecule has 112 valence electrons. The number of hydrogen-bond donors (Lipinski definition) is 2. The molecule has 2 aromatic rings. The van der Waals surface area contributed by atoms with E-state index in [1.807, 2.05) is 6.92 Å². The van der Waals surface area contributed by atoms with Crippen molar-refractivity contribution in [2.75, 3.05) is 5.32 Å². The minimum absolute atomic E-state index is 0.00318. The Morgan fingerprint density at radius 3 is 2.81 bits per heavy atom. The Morgan fingerprint density at radius 2 is 2.14 bits per heavy atom. The Labute approximate surface area is 126 Å². The molecule has 1 amide bonds. The molecule has 3 rings (SSSR count). The third-order valence-corrected chi connectivity index (χ3v) is 4.44. The van der Waals surface area contributed by atoms with Crippen molar-refractivity contribution in [3.63, 3.8) is 0 Å². The Kier molecular flexibility index (Phi) is 3.67. The van der Waals surface area contributed by atoms with Gasteiger partial charge in [0.1, 0.15) is 17.3 Å². The van der Waals surface area contributed by atoms with E-state index in [1.54, 1.807) is 4.52 Å². The summed E-state index contributed by atoms with van der Waals surface area (Å²) in [5, 5.41) is 8.06. The summed E-state index contributed by atoms with van der Waals surface area (Å²) in [6.45, 7) is 1.90. The molecule has 0 aliphatic heterocycles. The number of nitrogens with two attached hydrogens (primary N) is 1. The fourth-order valence-electron chi connectivity index (χ4n) is 2.78. The summed E-state index contributed by atoms with van der Waals surface area (Å²) in [5.74, 6) is 1.08. The van der Waals surface area contributed by atoms with Gasteiger partial charge in [-0.05, 0) is 32.6 Å². The molecule has 8 heteroatoms. The zero-order chi connectivity index (χ0) is 15.0. The van der Waals surface area contributed by atoms with Gasteiger partial charge < -0.3 is 11.1 Å². The van der Waals surface area contributed by atoms with Gasteiger partial charge in [-0.15, -0.1) is 0 Å². The van der Waals surface area contributed by atoms with Gasteiger partial charge in [0, 0.05) is 17.5 Å². The molecule has 0 unspecified atom stereocenters. The summed E-state index contributed by atoms with van der Waals surface area (Å²) in [7, 11) is 0. The molecule has 0 atom stereocenters. The highest BCUT2D eigenvalue weighted by Crippen LogP contribution is 2.29. The number of halogens is 1. The summed E-state index contributed by atoms with van der Waals surface area (Å²) in [6.07, 6.45) is 4.86. The fourth-order valence-corrected chi connectivity index (χ4v) is 2.95. The number of nitrogens with zero attached hydrogens (tertiary/aromatic N) is 4. The lowest BCUT2D eigenvalue weighted by molar-refractivity contribution is -0.122. The molecule has 2 aromatic heterocycles. The van der Waals surface area contributed by atoms with Crippen molar-refractivity contribution < 1.29 is 4.79 Å². The van der Waals surface area contributed by atoms with Crippen LogP contribution >= 0.6 is 11.6 Å². The van der Waals surface area contributed by atoms with Crippen molar-refractivity contribution in [2.24, 2.45) is 11.7 Å². The summed E-state index contributed by atoms with van der Waals surface area (Å²) in [4.78, 5) is 19.5. The van der Waals surface area contributed by atoms with Gasteiger partial charge in [-0.2, -0.15) is 19.6 Å². The third kappa shape index (κ3) is 2.65. The zero-order valence-electron chi connectivity index (χ0n) is 11.7. The summed E-state index contributed by atoms with van der Waals surface area (Å²) in [5.41, 5.74) is 6.20. The summed E-state index contributed by atoms with van der Waals surface area (Å²) in [6, 6.07) is 0.269. The van der Waals surface area contributed by atoms with Crippen molar-refractivity contribution >= 4 is 29.1 Å². The first-order chi connectivity index (χ1) is 10.1. The van der Waals surface area contributed by atoms with Gasteiger partial charge in [-0.1, -0.05) is 11.6 Å². The van der Waals surface area contributed by atoms with E-state index in [-0.39, 0.29) is 17.9 Å². The molecule has 1 aliphatic rings. The standard InChI is InChI=1S/C13H17ClN6O/c1-7-10(14)19-13-16-6-17-20(13)12(7)18-9-4-2-8(3-5-9)11(15)21/h6,8-9,18H,2-5H2,1H3,(H2,15,21). The predicted molar refractivity (Wildman–Crippen MR) is 79.1 cm³/mol. The van der Waals surface area contributed by atoms with Crippen LogP contribution in [0.1, 0.15) is 31.2 Å². The first kappa shape index (κ1) is 14.1. The molecular formula is C13H17ClN6O. The van der Waals surface area contributed by atoms with E-state index in [0.717, 1.165) is 37.1 Å². The Morgan fingerprint density at radius 1 is 1.43 bits per heavy atom. The minimum atomic E-state index is -0.199. The van der Waals surface area contributed by atoms with E-state index in [0.29, 0.717) is 10.9 Å². The van der Waals surface area contributed by atoms with Crippen LogP contribution in [0, 0.1) is 12.8 Å². The van der Waals surface area contributed by atoms with Gasteiger partial charge in [0.05, 0.1) is 0 Å². The lowest BCUT2D eigenvalue weighted by Crippen LogP contribution is -2.33. The molecule has 7 nitrogen and oxygen atoms in total. The fraction of sp³-hybridized carbons (Fsp3) is 0.538. The Hall–Kier alpha value is -1.89. The maximum absolute atomic E-state index is 11.2. The molecule has 1 fully saturated rings. The molecule has 0 bridgehead atoms. The van der Waals surface area contributed by atoms with Crippen LogP contribution in [-0.2, 0) is 4.79 Å². The second-order valence-electron chi connectivity index (χ2n) is 5.44. The zero-order valence-corrected chi connectivity index (χ0v) is 12.5. The number of carbonyl (C=O) groups is 1. The lowest BCUT2D eigenvalue weighted by Gasteiger charge is -2.28. The van der Waals surface area contributed by atoms with Gasteiger partial charge in [0.25, 0.3) is 5.78 Å². The van der Waals surface area contributed by atoms with Crippen molar-refractivity contribution in [2.45, 2.75) is 38.6 Å². The Balaban J connectivity index is 1.81. The van der Waals surface area contributed by atoms with E-state index in [9.17, 15) is 4.79 Å². The average Bonchev–Trinajstić information content (AvgIpc) is 2.92. The SMILES string of the molecule is Cc1c(Cl)nc2ncnn2c1NC1CCC(C(N)=O)CC1. The quantitative estimate of drug-likeness (QED) is 0.838. The molecule has 0 spiro atoms. The van der Waals surface area contributed by atoms with Crippen molar-refractivity contribution in [1.82, 2.24) is 19.6 Å². The molecule has 2 heterocycles. The van der Waals surface area contributed by atoms with Crippen LogP contribution in [0.15, 0.2) is 6.33 Å². The van der Waals surface area contributed by atoms with Crippen LogP contribution in [0.5, 0.6) is 0 Å². The first-order valence-corrected chi connectivity index (χ1v) is 7.35. The first-order valence-electron chi connectivity index (χ1n) is 6.98. The second kappa shape index (κ2) is 5.48. The maximum Gasteiger partial charge on any atom is 0.255 e. The maximum atomic E-state index is 11.2. The van der Waals surface area contributed by atoms with Crippen LogP contribution in [0.4, 0.5) is 5.82 Å². The van der Waals surface area contributed by atoms with Gasteiger partial charge in [-0.3, -0.25) is 4.79 Å². The number of fused-ring (bicyclic) bond motifs is 1. The molecule has 3 N–H and O–H groups in total. The van der Waals surface area contributed by atoms with Gasteiger partial charge in [0.2, 0.25) is 5.91 Å². The molecule has 0 aromatic carbocycles. The highest BCUT2D eigenvalue weighted by Gasteiger charge is 2.25. The number of amides is 1. The number of aromatic nitrogens is 4. The molecule has 0 saturated heterocycles. The number of rotatable bonds is 3. The normalized spacial score (nSPS) is 22.4. The van der Waals surface area contributed by atoms with E-state index in [2.05, 4.69) is 20.4 Å². The highest BCUT2D eigenvalue weighted by atomic mass is 35.5. The monoisotopic (exact) mass is 308 g/mol. The van der Waals surface area contributed by atoms with Crippen molar-refractivity contribution in [1.29, 1.82) is 0 Å². The Bertz CT molecular complexity index is 677. The number of primary amides is 1. The van der Waals surface area contributed by atoms with E-state index in [1.165, 1.54) is 6.33 Å². The van der Waals surface area contributed by atoms with Crippen LogP contribution in [0.2, 0.25) is 5.15 Å². The van der Waals surface area contributed by atoms with Crippen LogP contribution in [0.3, 0.4) is 0 Å². The number of anilines is 1.